The molecule has 0 saturated carbocycles. The Labute approximate surface area is 196 Å². The van der Waals surface area contributed by atoms with Crippen molar-refractivity contribution >= 4 is 40.4 Å². The van der Waals surface area contributed by atoms with E-state index in [-0.39, 0.29) is 27.1 Å². The Hall–Kier alpha value is -3.10. The quantitative estimate of drug-likeness (QED) is 0.330. The molecule has 5 rings (SSSR count). The molecule has 0 spiro atoms. The lowest BCUT2D eigenvalue weighted by molar-refractivity contribution is -0.142. The average Bonchev–Trinajstić information content (AvgIpc) is 3.23. The summed E-state index contributed by atoms with van der Waals surface area (Å²) in [6, 6.07) is 14.1. The highest BCUT2D eigenvalue weighted by Crippen LogP contribution is 2.34. The van der Waals surface area contributed by atoms with E-state index in [2.05, 4.69) is 10.1 Å². The Morgan fingerprint density at radius 3 is 2.55 bits per heavy atom. The molecule has 2 aromatic heterocycles. The molecule has 0 bridgehead atoms. The first-order chi connectivity index (χ1) is 15.7. The van der Waals surface area contributed by atoms with E-state index in [1.165, 1.54) is 24.3 Å². The van der Waals surface area contributed by atoms with Crippen molar-refractivity contribution in [3.63, 3.8) is 0 Å². The summed E-state index contributed by atoms with van der Waals surface area (Å²) in [5, 5.41) is 4.46. The number of halogens is 5. The second-order valence-electron chi connectivity index (χ2n) is 7.64. The predicted octanol–water partition coefficient (Wildman–Crippen LogP) is 6.31. The minimum absolute atomic E-state index is 0.0376. The van der Waals surface area contributed by atoms with Crippen LogP contribution in [-0.2, 0) is 12.6 Å². The first-order valence-corrected chi connectivity index (χ1v) is 10.8. The molecule has 3 heterocycles. The summed E-state index contributed by atoms with van der Waals surface area (Å²) in [6.45, 7) is 0.456. The fourth-order valence-corrected chi connectivity index (χ4v) is 4.27. The number of nitrogens with zero attached hydrogens (tertiary/aromatic N) is 4. The number of aromatic nitrogens is 3. The molecule has 0 fully saturated rings. The summed E-state index contributed by atoms with van der Waals surface area (Å²) >= 11 is 12.0. The zero-order valence-electron chi connectivity index (χ0n) is 16.9. The van der Waals surface area contributed by atoms with Gasteiger partial charge in [-0.3, -0.25) is 4.79 Å². The first kappa shape index (κ1) is 21.7. The normalized spacial score (nSPS) is 13.9. The van der Waals surface area contributed by atoms with Crippen molar-refractivity contribution in [2.45, 2.75) is 19.0 Å². The smallest absolute Gasteiger partial charge is 0.307 e. The second-order valence-corrected chi connectivity index (χ2v) is 8.46. The van der Waals surface area contributed by atoms with Gasteiger partial charge in [-0.25, -0.2) is 9.50 Å². The molecular formula is C23H15Cl2F3N4O. The number of hydrogen-bond acceptors (Lipinski definition) is 3. The van der Waals surface area contributed by atoms with E-state index in [1.807, 2.05) is 24.3 Å². The molecule has 33 heavy (non-hydrogen) atoms. The monoisotopic (exact) mass is 490 g/mol. The van der Waals surface area contributed by atoms with Gasteiger partial charge in [0.25, 0.3) is 5.91 Å². The molecule has 1 amide bonds. The van der Waals surface area contributed by atoms with E-state index in [4.69, 9.17) is 23.2 Å². The zero-order chi connectivity index (χ0) is 23.3. The summed E-state index contributed by atoms with van der Waals surface area (Å²) in [4.78, 5) is 19.1. The van der Waals surface area contributed by atoms with Crippen LogP contribution < -0.4 is 4.90 Å². The number of aryl methyl sites for hydroxylation is 1. The number of alkyl halides is 3. The standard InChI is InChI=1S/C23H15Cl2F3N4O/c24-15-8-7-14(10-16(15)25)17-11-20(23(26,27)28)32-21(29-17)12-18(30-32)22(33)31-9-3-5-13-4-1-2-6-19(13)31/h1-2,4,6-8,10-12H,3,5,9H2. The van der Waals surface area contributed by atoms with E-state index in [1.54, 1.807) is 4.90 Å². The predicted molar refractivity (Wildman–Crippen MR) is 120 cm³/mol. The minimum atomic E-state index is -4.73. The molecular weight excluding hydrogens is 476 g/mol. The van der Waals surface area contributed by atoms with Crippen molar-refractivity contribution in [3.8, 4) is 11.3 Å². The molecule has 0 atom stereocenters. The molecule has 0 N–H and O–H groups in total. The first-order valence-electron chi connectivity index (χ1n) is 10.1. The Kier molecular flexibility index (Phi) is 5.29. The highest BCUT2D eigenvalue weighted by Gasteiger charge is 2.36. The van der Waals surface area contributed by atoms with Gasteiger partial charge in [0, 0.05) is 23.9 Å². The largest absolute Gasteiger partial charge is 0.433 e. The third-order valence-electron chi connectivity index (χ3n) is 5.51. The molecule has 5 nitrogen and oxygen atoms in total. The zero-order valence-corrected chi connectivity index (χ0v) is 18.4. The van der Waals surface area contributed by atoms with Crippen LogP contribution in [0.5, 0.6) is 0 Å². The van der Waals surface area contributed by atoms with E-state index in [0.29, 0.717) is 16.6 Å². The number of benzene rings is 2. The molecule has 2 aromatic carbocycles. The van der Waals surface area contributed by atoms with Crippen LogP contribution in [-0.4, -0.2) is 27.0 Å². The van der Waals surface area contributed by atoms with Crippen LogP contribution in [0.1, 0.15) is 28.2 Å². The van der Waals surface area contributed by atoms with Crippen LogP contribution >= 0.6 is 23.2 Å². The number of carbonyl (C=O) groups is 1. The van der Waals surface area contributed by atoms with E-state index < -0.39 is 17.8 Å². The lowest BCUT2D eigenvalue weighted by Crippen LogP contribution is -2.35. The molecule has 1 aliphatic rings. The summed E-state index contributed by atoms with van der Waals surface area (Å²) < 4.78 is 42.3. The van der Waals surface area contributed by atoms with Gasteiger partial charge in [-0.05, 0) is 42.7 Å². The molecule has 168 valence electrons. The van der Waals surface area contributed by atoms with Crippen LogP contribution in [0.25, 0.3) is 16.9 Å². The van der Waals surface area contributed by atoms with Crippen molar-refractivity contribution in [2.24, 2.45) is 0 Å². The number of hydrogen-bond donors (Lipinski definition) is 0. The summed E-state index contributed by atoms with van der Waals surface area (Å²) in [5.41, 5.74) is 0.887. The summed E-state index contributed by atoms with van der Waals surface area (Å²) in [7, 11) is 0. The van der Waals surface area contributed by atoms with Gasteiger partial charge >= 0.3 is 6.18 Å². The molecule has 0 unspecified atom stereocenters. The van der Waals surface area contributed by atoms with Crippen molar-refractivity contribution in [3.05, 3.63) is 81.6 Å². The number of carbonyl (C=O) groups excluding carboxylic acids is 1. The van der Waals surface area contributed by atoms with Crippen LogP contribution in [0.2, 0.25) is 10.0 Å². The molecule has 10 heteroatoms. The Morgan fingerprint density at radius 2 is 1.79 bits per heavy atom. The van der Waals surface area contributed by atoms with Crippen LogP contribution in [0, 0.1) is 0 Å². The Morgan fingerprint density at radius 1 is 1.00 bits per heavy atom. The molecule has 0 saturated heterocycles. The molecule has 0 aliphatic carbocycles. The fraction of sp³-hybridized carbons (Fsp3) is 0.174. The molecule has 0 radical (unpaired) electrons. The maximum absolute atomic E-state index is 13.9. The maximum atomic E-state index is 13.9. The summed E-state index contributed by atoms with van der Waals surface area (Å²) in [5.74, 6) is -0.475. The van der Waals surface area contributed by atoms with Crippen molar-refractivity contribution < 1.29 is 18.0 Å². The number of para-hydroxylation sites is 1. The van der Waals surface area contributed by atoms with Crippen molar-refractivity contribution in [2.75, 3.05) is 11.4 Å². The van der Waals surface area contributed by atoms with Crippen LogP contribution in [0.4, 0.5) is 18.9 Å². The highest BCUT2D eigenvalue weighted by molar-refractivity contribution is 6.42. The topological polar surface area (TPSA) is 50.5 Å². The minimum Gasteiger partial charge on any atom is -0.307 e. The number of amides is 1. The maximum Gasteiger partial charge on any atom is 0.433 e. The van der Waals surface area contributed by atoms with Gasteiger partial charge in [0.2, 0.25) is 0 Å². The lowest BCUT2D eigenvalue weighted by Gasteiger charge is -2.28. The highest BCUT2D eigenvalue weighted by atomic mass is 35.5. The van der Waals surface area contributed by atoms with Gasteiger partial charge in [0.15, 0.2) is 17.0 Å². The van der Waals surface area contributed by atoms with Gasteiger partial charge in [-0.1, -0.05) is 47.5 Å². The van der Waals surface area contributed by atoms with Crippen LogP contribution in [0.3, 0.4) is 0 Å². The third-order valence-corrected chi connectivity index (χ3v) is 6.25. The third kappa shape index (κ3) is 3.94. The lowest BCUT2D eigenvalue weighted by atomic mass is 10.0. The Bertz CT molecular complexity index is 1400. The number of rotatable bonds is 2. The van der Waals surface area contributed by atoms with Gasteiger partial charge in [-0.15, -0.1) is 0 Å². The van der Waals surface area contributed by atoms with Crippen molar-refractivity contribution in [1.82, 2.24) is 14.6 Å². The van der Waals surface area contributed by atoms with E-state index in [0.717, 1.165) is 30.2 Å². The van der Waals surface area contributed by atoms with Gasteiger partial charge in [0.1, 0.15) is 0 Å². The SMILES string of the molecule is O=C(c1cc2nc(-c3ccc(Cl)c(Cl)c3)cc(C(F)(F)F)n2n1)N1CCCc2ccccc21. The number of fused-ring (bicyclic) bond motifs is 2. The van der Waals surface area contributed by atoms with E-state index in [9.17, 15) is 18.0 Å². The Balaban J connectivity index is 1.63. The van der Waals surface area contributed by atoms with Crippen LogP contribution in [0.15, 0.2) is 54.6 Å². The summed E-state index contributed by atoms with van der Waals surface area (Å²) in [6.07, 6.45) is -3.14. The van der Waals surface area contributed by atoms with Gasteiger partial charge in [-0.2, -0.15) is 18.3 Å². The average molecular weight is 491 g/mol. The fourth-order valence-electron chi connectivity index (χ4n) is 3.97. The van der Waals surface area contributed by atoms with Gasteiger partial charge in [0.05, 0.1) is 15.7 Å². The number of anilines is 1. The van der Waals surface area contributed by atoms with Crippen molar-refractivity contribution in [1.29, 1.82) is 0 Å². The van der Waals surface area contributed by atoms with E-state index >= 15 is 0 Å². The van der Waals surface area contributed by atoms with Gasteiger partial charge < -0.3 is 4.90 Å². The molecule has 1 aliphatic heterocycles. The second kappa shape index (κ2) is 8.04. The molecule has 4 aromatic rings.